The summed E-state index contributed by atoms with van der Waals surface area (Å²) in [6.07, 6.45) is 0.139. The first-order chi connectivity index (χ1) is 6.06. The molecule has 0 amide bonds. The highest BCUT2D eigenvalue weighted by atomic mass is 35.5. The standard InChI is InChI=1S/C6H12N4O3.ClH/c1-4(11)2-3-5(12)13-10-6(7)9-8;/h2-3,8H2,1H3,(H3,7,9,10);1H. The van der Waals surface area contributed by atoms with E-state index in [1.165, 1.54) is 6.92 Å². The number of hydrogen-bond acceptors (Lipinski definition) is 5. The molecule has 0 aromatic rings. The van der Waals surface area contributed by atoms with Crippen LogP contribution in [-0.2, 0) is 14.4 Å². The smallest absolute Gasteiger partial charge is 0.332 e. The van der Waals surface area contributed by atoms with Crippen molar-refractivity contribution in [3.8, 4) is 0 Å². The van der Waals surface area contributed by atoms with Gasteiger partial charge < -0.3 is 21.2 Å². The molecule has 0 saturated heterocycles. The van der Waals surface area contributed by atoms with Gasteiger partial charge in [0.25, 0.3) is 0 Å². The molecule has 0 aliphatic carbocycles. The highest BCUT2D eigenvalue weighted by molar-refractivity contribution is 5.85. The molecule has 14 heavy (non-hydrogen) atoms. The number of Topliss-reactive ketones (excluding diaryl/α,β-unsaturated/α-hetero) is 1. The van der Waals surface area contributed by atoms with E-state index in [2.05, 4.69) is 9.94 Å². The van der Waals surface area contributed by atoms with Gasteiger partial charge in [-0.15, -0.1) is 17.5 Å². The van der Waals surface area contributed by atoms with Gasteiger partial charge in [-0.05, 0) is 6.92 Å². The van der Waals surface area contributed by atoms with Crippen molar-refractivity contribution < 1.29 is 14.4 Å². The molecule has 0 fully saturated rings. The molecule has 0 aromatic carbocycles. The van der Waals surface area contributed by atoms with Crippen LogP contribution in [0.1, 0.15) is 19.8 Å². The summed E-state index contributed by atoms with van der Waals surface area (Å²) in [5, 5.41) is 2.99. The normalized spacial score (nSPS) is 9.93. The second kappa shape index (κ2) is 8.11. The lowest BCUT2D eigenvalue weighted by Gasteiger charge is -2.03. The van der Waals surface area contributed by atoms with Crippen LogP contribution in [0.4, 0.5) is 0 Å². The molecule has 0 spiro atoms. The van der Waals surface area contributed by atoms with Gasteiger partial charge in [0.1, 0.15) is 5.78 Å². The first-order valence-corrected chi connectivity index (χ1v) is 3.54. The van der Waals surface area contributed by atoms with Gasteiger partial charge >= 0.3 is 5.97 Å². The molecule has 82 valence electrons. The van der Waals surface area contributed by atoms with Gasteiger partial charge in [0, 0.05) is 6.42 Å². The van der Waals surface area contributed by atoms with Crippen LogP contribution in [0, 0.1) is 0 Å². The Morgan fingerprint density at radius 3 is 2.43 bits per heavy atom. The van der Waals surface area contributed by atoms with E-state index in [-0.39, 0.29) is 37.0 Å². The van der Waals surface area contributed by atoms with Crippen molar-refractivity contribution in [1.82, 2.24) is 5.48 Å². The van der Waals surface area contributed by atoms with Crippen molar-refractivity contribution >= 4 is 30.1 Å². The zero-order valence-electron chi connectivity index (χ0n) is 7.65. The minimum atomic E-state index is -0.596. The number of hydrogen-bond donors (Lipinski definition) is 3. The summed E-state index contributed by atoms with van der Waals surface area (Å²) >= 11 is 0. The predicted molar refractivity (Wildman–Crippen MR) is 52.2 cm³/mol. The number of nitrogens with zero attached hydrogens (tertiary/aromatic N) is 1. The molecule has 0 bridgehead atoms. The lowest BCUT2D eigenvalue weighted by atomic mass is 10.2. The third kappa shape index (κ3) is 8.60. The topological polar surface area (TPSA) is 120 Å². The average molecular weight is 225 g/mol. The molecule has 8 heteroatoms. The van der Waals surface area contributed by atoms with E-state index >= 15 is 0 Å². The minimum Gasteiger partial charge on any atom is -0.366 e. The molecule has 0 rings (SSSR count). The molecule has 0 aliphatic heterocycles. The molecular weight excluding hydrogens is 212 g/mol. The van der Waals surface area contributed by atoms with Crippen LogP contribution >= 0.6 is 12.4 Å². The van der Waals surface area contributed by atoms with Gasteiger partial charge in [-0.3, -0.25) is 0 Å². The third-order valence-electron chi connectivity index (χ3n) is 1.09. The summed E-state index contributed by atoms with van der Waals surface area (Å²) in [5.41, 5.74) is 7.04. The van der Waals surface area contributed by atoms with E-state index in [0.29, 0.717) is 0 Å². The van der Waals surface area contributed by atoms with Gasteiger partial charge in [0.15, 0.2) is 0 Å². The maximum absolute atomic E-state index is 10.8. The fraction of sp³-hybridized carbons (Fsp3) is 0.500. The number of guanidine groups is 1. The first-order valence-electron chi connectivity index (χ1n) is 3.54. The van der Waals surface area contributed by atoms with Crippen LogP contribution in [0.15, 0.2) is 5.10 Å². The van der Waals surface area contributed by atoms with Crippen molar-refractivity contribution in [3.05, 3.63) is 0 Å². The molecule has 0 radical (unpaired) electrons. The molecule has 0 unspecified atom stereocenters. The number of carbonyl (C=O) groups excluding carboxylic acids is 2. The number of nitrogens with two attached hydrogens (primary N) is 2. The van der Waals surface area contributed by atoms with Gasteiger partial charge in [-0.2, -0.15) is 5.48 Å². The summed E-state index contributed by atoms with van der Waals surface area (Å²) in [4.78, 5) is 25.6. The molecule has 0 saturated carbocycles. The summed E-state index contributed by atoms with van der Waals surface area (Å²) < 4.78 is 0. The molecular formula is C6H13ClN4O3. The maximum Gasteiger partial charge on any atom is 0.332 e. The maximum atomic E-state index is 10.8. The molecule has 0 atom stereocenters. The summed E-state index contributed by atoms with van der Waals surface area (Å²) in [5.74, 6) is 3.84. The molecule has 7 nitrogen and oxygen atoms in total. The fourth-order valence-corrected chi connectivity index (χ4v) is 0.465. The Labute approximate surface area is 87.2 Å². The largest absolute Gasteiger partial charge is 0.366 e. The minimum absolute atomic E-state index is 0. The Bertz CT molecular complexity index is 231. The van der Waals surface area contributed by atoms with Crippen LogP contribution < -0.4 is 17.1 Å². The Hall–Kier alpha value is -1.50. The van der Waals surface area contributed by atoms with Crippen LogP contribution in [-0.4, -0.2) is 17.7 Å². The van der Waals surface area contributed by atoms with E-state index in [1.54, 1.807) is 0 Å². The molecule has 0 heterocycles. The van der Waals surface area contributed by atoms with E-state index in [9.17, 15) is 9.59 Å². The van der Waals surface area contributed by atoms with Crippen molar-refractivity contribution in [2.24, 2.45) is 16.7 Å². The lowest BCUT2D eigenvalue weighted by molar-refractivity contribution is -0.148. The van der Waals surface area contributed by atoms with E-state index in [4.69, 9.17) is 11.6 Å². The Balaban J connectivity index is 0. The second-order valence-electron chi connectivity index (χ2n) is 2.29. The van der Waals surface area contributed by atoms with Gasteiger partial charge in [-0.25, -0.2) is 4.79 Å². The average Bonchev–Trinajstić information content (AvgIpc) is 2.10. The van der Waals surface area contributed by atoms with Gasteiger partial charge in [0.05, 0.1) is 6.42 Å². The zero-order valence-corrected chi connectivity index (χ0v) is 8.47. The molecule has 0 aromatic heterocycles. The zero-order chi connectivity index (χ0) is 10.3. The quantitative estimate of drug-likeness (QED) is 0.245. The van der Waals surface area contributed by atoms with Gasteiger partial charge in [0.2, 0.25) is 5.96 Å². The Morgan fingerprint density at radius 1 is 1.43 bits per heavy atom. The number of hydroxylamine groups is 1. The van der Waals surface area contributed by atoms with Gasteiger partial charge in [-0.1, -0.05) is 0 Å². The molecule has 5 N–H and O–H groups in total. The van der Waals surface area contributed by atoms with Crippen molar-refractivity contribution in [2.75, 3.05) is 0 Å². The number of ketones is 1. The SMILES string of the molecule is CC(=O)CCC(=O)ONC(N)=NN.Cl. The highest BCUT2D eigenvalue weighted by Crippen LogP contribution is 1.91. The van der Waals surface area contributed by atoms with Crippen LogP contribution in [0.25, 0.3) is 0 Å². The number of rotatable bonds is 3. The highest BCUT2D eigenvalue weighted by Gasteiger charge is 2.05. The van der Waals surface area contributed by atoms with E-state index in [1.807, 2.05) is 5.48 Å². The van der Waals surface area contributed by atoms with Crippen LogP contribution in [0.5, 0.6) is 0 Å². The number of hydrazone groups is 1. The van der Waals surface area contributed by atoms with Crippen LogP contribution in [0.3, 0.4) is 0 Å². The number of nitrogens with one attached hydrogen (secondary N) is 1. The van der Waals surface area contributed by atoms with Crippen LogP contribution in [0.2, 0.25) is 0 Å². The Kier molecular flexibility index (Phi) is 8.69. The predicted octanol–water partition coefficient (Wildman–Crippen LogP) is -0.986. The lowest BCUT2D eigenvalue weighted by Crippen LogP contribution is -2.34. The van der Waals surface area contributed by atoms with Crippen molar-refractivity contribution in [2.45, 2.75) is 19.8 Å². The first kappa shape index (κ1) is 15.0. The summed E-state index contributed by atoms with van der Waals surface area (Å²) in [6.45, 7) is 1.39. The third-order valence-corrected chi connectivity index (χ3v) is 1.09. The monoisotopic (exact) mass is 224 g/mol. The molecule has 0 aliphatic rings. The number of carbonyl (C=O) groups is 2. The van der Waals surface area contributed by atoms with Crippen molar-refractivity contribution in [1.29, 1.82) is 0 Å². The second-order valence-corrected chi connectivity index (χ2v) is 2.29. The summed E-state index contributed by atoms with van der Waals surface area (Å²) in [7, 11) is 0. The Morgan fingerprint density at radius 2 is 2.00 bits per heavy atom. The summed E-state index contributed by atoms with van der Waals surface area (Å²) in [6, 6.07) is 0. The van der Waals surface area contributed by atoms with E-state index in [0.717, 1.165) is 0 Å². The number of halogens is 1. The fourth-order valence-electron chi connectivity index (χ4n) is 0.465. The van der Waals surface area contributed by atoms with Crippen molar-refractivity contribution in [3.63, 3.8) is 0 Å². The van der Waals surface area contributed by atoms with E-state index < -0.39 is 5.97 Å².